The number of carbonyl (C=O) groups is 3. The Morgan fingerprint density at radius 1 is 0.978 bits per heavy atom. The molecule has 0 aliphatic heterocycles. The highest BCUT2D eigenvalue weighted by Gasteiger charge is 2.28. The number of benzene rings is 3. The fraction of sp³-hybridized carbons (Fsp3) is 0.265. The van der Waals surface area contributed by atoms with Crippen molar-refractivity contribution in [1.82, 2.24) is 20.6 Å². The number of rotatable bonds is 11. The van der Waals surface area contributed by atoms with E-state index in [1.165, 1.54) is 18.3 Å². The standard InChI is InChI=1S/C34H36N6O6/c1-34(2,3)46-33(45)38-29(21-41)31(43)37-28(16-22-12-14-26(42)15-13-22)32(44)39-36-18-25-20-40(30-11-7-6-10-27(25)30)19-24-9-5-4-8-23(24)17-35/h4-15,18,20,28-29,41-42H,16,19,21H2,1-3H3,(H,37,43)(H,38,45)(H,39,44)/b36-18-/t28-,29-/m0/s1. The van der Waals surface area contributed by atoms with Crippen LogP contribution in [0.15, 0.2) is 84.1 Å². The van der Waals surface area contributed by atoms with Gasteiger partial charge >= 0.3 is 6.09 Å². The highest BCUT2D eigenvalue weighted by molar-refractivity contribution is 6.00. The number of alkyl carbamates (subject to hydrolysis) is 1. The van der Waals surface area contributed by atoms with E-state index in [9.17, 15) is 29.9 Å². The van der Waals surface area contributed by atoms with Gasteiger partial charge in [0.2, 0.25) is 5.91 Å². The number of amides is 3. The van der Waals surface area contributed by atoms with Gasteiger partial charge in [-0.3, -0.25) is 9.59 Å². The van der Waals surface area contributed by atoms with Gasteiger partial charge in [0, 0.05) is 35.6 Å². The fourth-order valence-corrected chi connectivity index (χ4v) is 4.70. The van der Waals surface area contributed by atoms with Crippen molar-refractivity contribution in [3.63, 3.8) is 0 Å². The van der Waals surface area contributed by atoms with Crippen molar-refractivity contribution in [3.05, 3.63) is 101 Å². The van der Waals surface area contributed by atoms with Crippen molar-refractivity contribution >= 4 is 35.0 Å². The lowest BCUT2D eigenvalue weighted by Crippen LogP contribution is -2.55. The molecule has 12 nitrogen and oxygen atoms in total. The minimum atomic E-state index is -1.38. The summed E-state index contributed by atoms with van der Waals surface area (Å²) in [5.74, 6) is -1.43. The zero-order valence-electron chi connectivity index (χ0n) is 25.7. The van der Waals surface area contributed by atoms with Gasteiger partial charge in [-0.25, -0.2) is 10.2 Å². The number of nitrogens with one attached hydrogen (secondary N) is 3. The zero-order chi connectivity index (χ0) is 33.3. The summed E-state index contributed by atoms with van der Waals surface area (Å²) < 4.78 is 7.17. The van der Waals surface area contributed by atoms with Crippen LogP contribution < -0.4 is 16.1 Å². The summed E-state index contributed by atoms with van der Waals surface area (Å²) in [6.45, 7) is 4.69. The molecule has 0 fully saturated rings. The van der Waals surface area contributed by atoms with Crippen LogP contribution in [0.4, 0.5) is 4.79 Å². The maximum Gasteiger partial charge on any atom is 0.408 e. The second-order valence-corrected chi connectivity index (χ2v) is 11.5. The van der Waals surface area contributed by atoms with Crippen LogP contribution >= 0.6 is 0 Å². The number of para-hydroxylation sites is 1. The van der Waals surface area contributed by atoms with Crippen LogP contribution in [0, 0.1) is 11.3 Å². The molecule has 2 atom stereocenters. The van der Waals surface area contributed by atoms with E-state index >= 15 is 0 Å². The van der Waals surface area contributed by atoms with Crippen LogP contribution in [0.3, 0.4) is 0 Å². The van der Waals surface area contributed by atoms with Crippen LogP contribution in [0.25, 0.3) is 10.9 Å². The summed E-state index contributed by atoms with van der Waals surface area (Å²) in [6.07, 6.45) is 2.49. The molecular formula is C34H36N6O6. The Balaban J connectivity index is 1.52. The molecule has 4 rings (SSSR count). The van der Waals surface area contributed by atoms with E-state index in [0.717, 1.165) is 16.5 Å². The number of phenolic OH excluding ortho intramolecular Hbond substituents is 1. The molecule has 0 saturated carbocycles. The number of hydrogen-bond donors (Lipinski definition) is 5. The predicted octanol–water partition coefficient (Wildman–Crippen LogP) is 3.33. The molecule has 0 aliphatic carbocycles. The maximum atomic E-state index is 13.3. The number of phenols is 1. The van der Waals surface area contributed by atoms with Crippen molar-refractivity contribution in [2.24, 2.45) is 5.10 Å². The molecular weight excluding hydrogens is 588 g/mol. The largest absolute Gasteiger partial charge is 0.508 e. The number of aromatic hydroxyl groups is 1. The lowest BCUT2D eigenvalue weighted by atomic mass is 10.0. The summed E-state index contributed by atoms with van der Waals surface area (Å²) in [6, 6.07) is 20.8. The number of aliphatic hydroxyl groups is 1. The molecule has 5 N–H and O–H groups in total. The number of hydrazone groups is 1. The first-order valence-electron chi connectivity index (χ1n) is 14.5. The molecule has 12 heteroatoms. The number of aromatic nitrogens is 1. The summed E-state index contributed by atoms with van der Waals surface area (Å²) in [5.41, 5.74) is 5.34. The summed E-state index contributed by atoms with van der Waals surface area (Å²) >= 11 is 0. The van der Waals surface area contributed by atoms with Crippen molar-refractivity contribution in [1.29, 1.82) is 5.26 Å². The van der Waals surface area contributed by atoms with Crippen LogP contribution in [-0.2, 0) is 27.3 Å². The topological polar surface area (TPSA) is 178 Å². The molecule has 0 spiro atoms. The lowest BCUT2D eigenvalue weighted by Gasteiger charge is -2.24. The van der Waals surface area contributed by atoms with Gasteiger partial charge in [0.1, 0.15) is 23.4 Å². The van der Waals surface area contributed by atoms with E-state index in [4.69, 9.17) is 4.74 Å². The van der Waals surface area contributed by atoms with Crippen molar-refractivity contribution in [3.8, 4) is 11.8 Å². The van der Waals surface area contributed by atoms with Gasteiger partial charge in [-0.15, -0.1) is 0 Å². The third-order valence-electron chi connectivity index (χ3n) is 6.88. The molecule has 0 saturated heterocycles. The first-order valence-corrected chi connectivity index (χ1v) is 14.5. The molecule has 1 heterocycles. The lowest BCUT2D eigenvalue weighted by molar-refractivity contribution is -0.130. The Kier molecular flexibility index (Phi) is 10.7. The summed E-state index contributed by atoms with van der Waals surface area (Å²) in [4.78, 5) is 38.6. The van der Waals surface area contributed by atoms with E-state index in [-0.39, 0.29) is 12.2 Å². The number of hydrogen-bond acceptors (Lipinski definition) is 8. The first kappa shape index (κ1) is 33.2. The van der Waals surface area contributed by atoms with Gasteiger partial charge in [0.25, 0.3) is 5.91 Å². The molecule has 1 aromatic heterocycles. The number of ether oxygens (including phenoxy) is 1. The Bertz CT molecular complexity index is 1770. The molecule has 0 radical (unpaired) electrons. The molecule has 0 bridgehead atoms. The number of nitrogens with zero attached hydrogens (tertiary/aromatic N) is 3. The van der Waals surface area contributed by atoms with E-state index < -0.39 is 42.2 Å². The number of nitriles is 1. The van der Waals surface area contributed by atoms with Crippen molar-refractivity contribution in [2.45, 2.75) is 51.4 Å². The Hall–Kier alpha value is -5.67. The van der Waals surface area contributed by atoms with Gasteiger partial charge < -0.3 is 30.2 Å². The highest BCUT2D eigenvalue weighted by atomic mass is 16.6. The zero-order valence-corrected chi connectivity index (χ0v) is 25.7. The molecule has 3 amide bonds. The smallest absolute Gasteiger partial charge is 0.408 e. The molecule has 0 aliphatic rings. The number of carbonyl (C=O) groups excluding carboxylic acids is 3. The van der Waals surface area contributed by atoms with E-state index in [1.54, 1.807) is 39.0 Å². The van der Waals surface area contributed by atoms with Gasteiger partial charge in [-0.05, 0) is 56.2 Å². The van der Waals surface area contributed by atoms with Crippen molar-refractivity contribution in [2.75, 3.05) is 6.61 Å². The van der Waals surface area contributed by atoms with E-state index in [2.05, 4.69) is 27.2 Å². The second kappa shape index (κ2) is 14.9. The summed E-state index contributed by atoms with van der Waals surface area (Å²) in [5, 5.41) is 38.9. The van der Waals surface area contributed by atoms with Crippen LogP contribution in [0.2, 0.25) is 0 Å². The fourth-order valence-electron chi connectivity index (χ4n) is 4.70. The van der Waals surface area contributed by atoms with Gasteiger partial charge in [0.15, 0.2) is 0 Å². The van der Waals surface area contributed by atoms with Gasteiger partial charge in [-0.1, -0.05) is 48.5 Å². The summed E-state index contributed by atoms with van der Waals surface area (Å²) in [7, 11) is 0. The average molecular weight is 625 g/mol. The number of fused-ring (bicyclic) bond motifs is 1. The quantitative estimate of drug-likeness (QED) is 0.125. The Morgan fingerprint density at radius 3 is 2.37 bits per heavy atom. The average Bonchev–Trinajstić information content (AvgIpc) is 3.36. The monoisotopic (exact) mass is 624 g/mol. The highest BCUT2D eigenvalue weighted by Crippen LogP contribution is 2.22. The second-order valence-electron chi connectivity index (χ2n) is 11.5. The number of aliphatic hydroxyl groups excluding tert-OH is 1. The third-order valence-corrected chi connectivity index (χ3v) is 6.88. The Labute approximate surface area is 266 Å². The van der Waals surface area contributed by atoms with Crippen molar-refractivity contribution < 1.29 is 29.3 Å². The molecule has 4 aromatic rings. The SMILES string of the molecule is CC(C)(C)OC(=O)N[C@@H](CO)C(=O)N[C@@H](Cc1ccc(O)cc1)C(=O)N/N=C\c1cn(Cc2ccccc2C#N)c2ccccc12. The predicted molar refractivity (Wildman–Crippen MR) is 172 cm³/mol. The molecule has 3 aromatic carbocycles. The molecule has 238 valence electrons. The Morgan fingerprint density at radius 2 is 1.67 bits per heavy atom. The minimum absolute atomic E-state index is 0.0234. The third kappa shape index (κ3) is 8.93. The van der Waals surface area contributed by atoms with E-state index in [0.29, 0.717) is 23.2 Å². The molecule has 46 heavy (non-hydrogen) atoms. The van der Waals surface area contributed by atoms with Gasteiger partial charge in [-0.2, -0.15) is 10.4 Å². The van der Waals surface area contributed by atoms with Crippen LogP contribution in [0.1, 0.15) is 43.0 Å². The first-order chi connectivity index (χ1) is 22.0. The van der Waals surface area contributed by atoms with E-state index in [1.807, 2.05) is 53.2 Å². The van der Waals surface area contributed by atoms with Crippen LogP contribution in [0.5, 0.6) is 5.75 Å². The minimum Gasteiger partial charge on any atom is -0.508 e. The normalized spacial score (nSPS) is 12.7. The molecule has 0 unspecified atom stereocenters. The maximum absolute atomic E-state index is 13.3. The van der Waals surface area contributed by atoms with Crippen LogP contribution in [-0.4, -0.2) is 63.2 Å². The van der Waals surface area contributed by atoms with Gasteiger partial charge in [0.05, 0.1) is 24.5 Å².